The van der Waals surface area contributed by atoms with Crippen LogP contribution in [0.3, 0.4) is 0 Å². The molecule has 0 radical (unpaired) electrons. The zero-order valence-electron chi connectivity index (χ0n) is 14.2. The summed E-state index contributed by atoms with van der Waals surface area (Å²) < 4.78 is 16.8. The van der Waals surface area contributed by atoms with Gasteiger partial charge in [0.1, 0.15) is 12.0 Å². The van der Waals surface area contributed by atoms with E-state index in [1.807, 2.05) is 37.3 Å². The van der Waals surface area contributed by atoms with Crippen LogP contribution in [0.25, 0.3) is 11.5 Å². The van der Waals surface area contributed by atoms with Gasteiger partial charge in [-0.05, 0) is 37.3 Å². The van der Waals surface area contributed by atoms with Crippen molar-refractivity contribution >= 4 is 6.29 Å². The fraction of sp³-hybridized carbons (Fsp3) is 0.200. The zero-order chi connectivity index (χ0) is 17.6. The molecule has 0 bridgehead atoms. The molecule has 25 heavy (non-hydrogen) atoms. The average molecular weight is 337 g/mol. The van der Waals surface area contributed by atoms with E-state index in [-0.39, 0.29) is 0 Å². The van der Waals surface area contributed by atoms with E-state index in [0.29, 0.717) is 36.0 Å². The summed E-state index contributed by atoms with van der Waals surface area (Å²) in [5.74, 6) is 2.52. The van der Waals surface area contributed by atoms with Crippen molar-refractivity contribution in [3.05, 3.63) is 65.5 Å². The molecule has 2 aromatic carbocycles. The number of ether oxygens (including phenoxy) is 2. The second kappa shape index (κ2) is 7.66. The van der Waals surface area contributed by atoms with Crippen molar-refractivity contribution in [2.45, 2.75) is 13.3 Å². The van der Waals surface area contributed by atoms with Crippen LogP contribution in [-0.2, 0) is 6.42 Å². The molecule has 0 fully saturated rings. The van der Waals surface area contributed by atoms with Crippen LogP contribution < -0.4 is 9.47 Å². The lowest BCUT2D eigenvalue weighted by molar-refractivity contribution is 0.112. The molecule has 0 aliphatic rings. The lowest BCUT2D eigenvalue weighted by Gasteiger charge is -2.10. The van der Waals surface area contributed by atoms with E-state index < -0.39 is 0 Å². The smallest absolute Gasteiger partial charge is 0.226 e. The van der Waals surface area contributed by atoms with Crippen molar-refractivity contribution < 1.29 is 18.7 Å². The predicted octanol–water partition coefficient (Wildman–Crippen LogP) is 4.09. The first kappa shape index (κ1) is 16.8. The van der Waals surface area contributed by atoms with E-state index in [0.717, 1.165) is 23.3 Å². The SMILES string of the molecule is COc1cc(C=O)ccc1OCCc1nc(-c2ccccc2)oc1C. The maximum absolute atomic E-state index is 10.8. The second-order valence-electron chi connectivity index (χ2n) is 5.51. The highest BCUT2D eigenvalue weighted by Crippen LogP contribution is 2.28. The molecule has 0 spiro atoms. The van der Waals surface area contributed by atoms with E-state index in [2.05, 4.69) is 4.98 Å². The van der Waals surface area contributed by atoms with Crippen molar-refractivity contribution in [1.29, 1.82) is 0 Å². The van der Waals surface area contributed by atoms with Crippen LogP contribution in [-0.4, -0.2) is 25.0 Å². The Morgan fingerprint density at radius 2 is 1.92 bits per heavy atom. The Hall–Kier alpha value is -3.08. The van der Waals surface area contributed by atoms with Gasteiger partial charge in [0, 0.05) is 17.5 Å². The average Bonchev–Trinajstić information content (AvgIpc) is 3.03. The van der Waals surface area contributed by atoms with E-state index in [4.69, 9.17) is 13.9 Å². The molecular formula is C20H19NO4. The molecule has 0 aliphatic heterocycles. The standard InChI is InChI=1S/C20H19NO4/c1-14-17(21-20(25-14)16-6-4-3-5-7-16)10-11-24-18-9-8-15(13-22)12-19(18)23-2/h3-9,12-13H,10-11H2,1-2H3. The monoisotopic (exact) mass is 337 g/mol. The molecule has 0 saturated carbocycles. The molecule has 0 aliphatic carbocycles. The third kappa shape index (κ3) is 3.88. The van der Waals surface area contributed by atoms with Gasteiger partial charge in [0.25, 0.3) is 0 Å². The largest absolute Gasteiger partial charge is 0.493 e. The highest BCUT2D eigenvalue weighted by Gasteiger charge is 2.12. The van der Waals surface area contributed by atoms with Gasteiger partial charge < -0.3 is 13.9 Å². The van der Waals surface area contributed by atoms with Gasteiger partial charge in [0.15, 0.2) is 11.5 Å². The van der Waals surface area contributed by atoms with Crippen LogP contribution in [0.15, 0.2) is 52.9 Å². The number of aldehydes is 1. The first-order valence-corrected chi connectivity index (χ1v) is 7.99. The van der Waals surface area contributed by atoms with Gasteiger partial charge in [-0.3, -0.25) is 4.79 Å². The Balaban J connectivity index is 1.67. The first-order chi connectivity index (χ1) is 12.2. The molecule has 0 amide bonds. The number of methoxy groups -OCH3 is 1. The van der Waals surface area contributed by atoms with E-state index in [1.165, 1.54) is 0 Å². The Bertz CT molecular complexity index is 855. The molecule has 3 aromatic rings. The molecular weight excluding hydrogens is 318 g/mol. The highest BCUT2D eigenvalue weighted by molar-refractivity contribution is 5.76. The number of hydrogen-bond acceptors (Lipinski definition) is 5. The highest BCUT2D eigenvalue weighted by atomic mass is 16.5. The van der Waals surface area contributed by atoms with Gasteiger partial charge in [-0.1, -0.05) is 18.2 Å². The van der Waals surface area contributed by atoms with Crippen LogP contribution in [0.2, 0.25) is 0 Å². The summed E-state index contributed by atoms with van der Waals surface area (Å²) in [6, 6.07) is 14.9. The number of carbonyl (C=O) groups excluding carboxylic acids is 1. The van der Waals surface area contributed by atoms with Gasteiger partial charge in [0.05, 0.1) is 19.4 Å². The van der Waals surface area contributed by atoms with Gasteiger partial charge in [-0.25, -0.2) is 4.98 Å². The summed E-state index contributed by atoms with van der Waals surface area (Å²) in [4.78, 5) is 15.4. The van der Waals surface area contributed by atoms with Crippen LogP contribution in [0.4, 0.5) is 0 Å². The Morgan fingerprint density at radius 1 is 1.12 bits per heavy atom. The summed E-state index contributed by atoms with van der Waals surface area (Å²) in [5, 5.41) is 0. The van der Waals surface area contributed by atoms with Gasteiger partial charge >= 0.3 is 0 Å². The van der Waals surface area contributed by atoms with Crippen LogP contribution in [0.1, 0.15) is 21.8 Å². The minimum atomic E-state index is 0.429. The van der Waals surface area contributed by atoms with Gasteiger partial charge in [-0.2, -0.15) is 0 Å². The lowest BCUT2D eigenvalue weighted by Crippen LogP contribution is -2.04. The Morgan fingerprint density at radius 3 is 2.64 bits per heavy atom. The minimum absolute atomic E-state index is 0.429. The summed E-state index contributed by atoms with van der Waals surface area (Å²) >= 11 is 0. The minimum Gasteiger partial charge on any atom is -0.493 e. The summed E-state index contributed by atoms with van der Waals surface area (Å²) in [6.45, 7) is 2.33. The lowest BCUT2D eigenvalue weighted by atomic mass is 10.2. The predicted molar refractivity (Wildman–Crippen MR) is 94.3 cm³/mol. The summed E-state index contributed by atoms with van der Waals surface area (Å²) in [6.07, 6.45) is 1.39. The number of benzene rings is 2. The fourth-order valence-corrected chi connectivity index (χ4v) is 2.50. The number of aryl methyl sites for hydroxylation is 1. The number of nitrogens with zero attached hydrogens (tertiary/aromatic N) is 1. The molecule has 5 nitrogen and oxygen atoms in total. The molecule has 1 aromatic heterocycles. The molecule has 0 unspecified atom stereocenters. The van der Waals surface area contributed by atoms with Crippen LogP contribution >= 0.6 is 0 Å². The Labute approximate surface area is 146 Å². The van der Waals surface area contributed by atoms with E-state index in [1.54, 1.807) is 25.3 Å². The summed E-state index contributed by atoms with van der Waals surface area (Å²) in [7, 11) is 1.55. The number of hydrogen-bond donors (Lipinski definition) is 0. The van der Waals surface area contributed by atoms with Crippen LogP contribution in [0, 0.1) is 6.92 Å². The first-order valence-electron chi connectivity index (χ1n) is 7.99. The molecule has 0 saturated heterocycles. The van der Waals surface area contributed by atoms with Gasteiger partial charge in [-0.15, -0.1) is 0 Å². The maximum atomic E-state index is 10.8. The second-order valence-corrected chi connectivity index (χ2v) is 5.51. The Kier molecular flexibility index (Phi) is 5.14. The third-order valence-electron chi connectivity index (χ3n) is 3.83. The number of oxazole rings is 1. The molecule has 128 valence electrons. The van der Waals surface area contributed by atoms with Crippen molar-refractivity contribution in [3.8, 4) is 23.0 Å². The number of rotatable bonds is 7. The normalized spacial score (nSPS) is 10.5. The molecule has 0 N–H and O–H groups in total. The van der Waals surface area contributed by atoms with Crippen molar-refractivity contribution in [1.82, 2.24) is 4.98 Å². The van der Waals surface area contributed by atoms with E-state index in [9.17, 15) is 4.79 Å². The molecule has 1 heterocycles. The zero-order valence-corrected chi connectivity index (χ0v) is 14.2. The van der Waals surface area contributed by atoms with Crippen LogP contribution in [0.5, 0.6) is 11.5 Å². The molecule has 3 rings (SSSR count). The topological polar surface area (TPSA) is 61.6 Å². The van der Waals surface area contributed by atoms with Crippen molar-refractivity contribution in [3.63, 3.8) is 0 Å². The van der Waals surface area contributed by atoms with Crippen molar-refractivity contribution in [2.75, 3.05) is 13.7 Å². The number of aromatic nitrogens is 1. The maximum Gasteiger partial charge on any atom is 0.226 e. The number of carbonyl (C=O) groups is 1. The quantitative estimate of drug-likeness (QED) is 0.608. The molecule has 5 heteroatoms. The molecule has 0 atom stereocenters. The fourth-order valence-electron chi connectivity index (χ4n) is 2.50. The van der Waals surface area contributed by atoms with Crippen molar-refractivity contribution in [2.24, 2.45) is 0 Å². The van der Waals surface area contributed by atoms with E-state index >= 15 is 0 Å². The third-order valence-corrected chi connectivity index (χ3v) is 3.83. The van der Waals surface area contributed by atoms with Gasteiger partial charge in [0.2, 0.25) is 5.89 Å². The summed E-state index contributed by atoms with van der Waals surface area (Å²) in [5.41, 5.74) is 2.36.